The molecule has 0 bridgehead atoms. The van der Waals surface area contributed by atoms with Gasteiger partial charge in [0.25, 0.3) is 0 Å². The number of carbonyl (C=O) groups excluding carboxylic acids is 1. The quantitative estimate of drug-likeness (QED) is 0.613. The van der Waals surface area contributed by atoms with E-state index in [1.807, 2.05) is 0 Å². The average molecular weight is 395 g/mol. The number of aromatic nitrogens is 2. The predicted molar refractivity (Wildman–Crippen MR) is 104 cm³/mol. The highest BCUT2D eigenvalue weighted by Crippen LogP contribution is 2.28. The van der Waals surface area contributed by atoms with Crippen molar-refractivity contribution in [2.45, 2.75) is 18.8 Å². The lowest BCUT2D eigenvalue weighted by Gasteiger charge is -2.30. The summed E-state index contributed by atoms with van der Waals surface area (Å²) >= 11 is 0. The van der Waals surface area contributed by atoms with Crippen molar-refractivity contribution in [2.75, 3.05) is 13.1 Å². The molecular weight excluding hydrogens is 376 g/mol. The van der Waals surface area contributed by atoms with Gasteiger partial charge in [0, 0.05) is 24.7 Å². The first-order valence-electron chi connectivity index (χ1n) is 9.40. The Balaban J connectivity index is 1.42. The summed E-state index contributed by atoms with van der Waals surface area (Å²) in [5.41, 5.74) is 1.43. The number of carbonyl (C=O) groups is 1. The Morgan fingerprint density at radius 2 is 1.76 bits per heavy atom. The van der Waals surface area contributed by atoms with Crippen LogP contribution in [-0.2, 0) is 4.79 Å². The normalized spacial score (nSPS) is 17.0. The summed E-state index contributed by atoms with van der Waals surface area (Å²) in [6.07, 6.45) is 4.84. The van der Waals surface area contributed by atoms with E-state index in [2.05, 4.69) is 10.1 Å². The molecule has 0 saturated carbocycles. The Bertz CT molecular complexity index is 1010. The van der Waals surface area contributed by atoms with E-state index in [4.69, 9.17) is 4.52 Å². The molecule has 2 heterocycles. The molecule has 0 aliphatic carbocycles. The SMILES string of the molecule is O=C(/C=C/c1ccc(F)cc1)N1CCCC(c2nc(-c3ccc(F)cc3)no2)C1. The second kappa shape index (κ2) is 8.34. The summed E-state index contributed by atoms with van der Waals surface area (Å²) in [6.45, 7) is 1.14. The van der Waals surface area contributed by atoms with Gasteiger partial charge in [0.05, 0.1) is 5.92 Å². The molecule has 0 N–H and O–H groups in total. The van der Waals surface area contributed by atoms with E-state index in [0.717, 1.165) is 18.4 Å². The zero-order chi connectivity index (χ0) is 20.2. The number of hydrogen-bond acceptors (Lipinski definition) is 4. The highest BCUT2D eigenvalue weighted by molar-refractivity contribution is 5.91. The molecule has 0 radical (unpaired) electrons. The molecule has 1 aliphatic rings. The smallest absolute Gasteiger partial charge is 0.246 e. The molecule has 1 saturated heterocycles. The molecule has 3 aromatic rings. The maximum absolute atomic E-state index is 13.1. The standard InChI is InChI=1S/C22H19F2N3O2/c23-18-8-3-15(4-9-18)5-12-20(28)27-13-1-2-17(14-27)22-25-21(26-29-22)16-6-10-19(24)11-7-16/h3-12,17H,1-2,13-14H2/b12-5+. The molecule has 4 rings (SSSR count). The molecule has 1 unspecified atom stereocenters. The number of amides is 1. The average Bonchev–Trinajstić information content (AvgIpc) is 3.24. The highest BCUT2D eigenvalue weighted by Gasteiger charge is 2.28. The van der Waals surface area contributed by atoms with Crippen molar-refractivity contribution in [3.63, 3.8) is 0 Å². The van der Waals surface area contributed by atoms with Gasteiger partial charge >= 0.3 is 0 Å². The van der Waals surface area contributed by atoms with Gasteiger partial charge in [0.15, 0.2) is 0 Å². The molecule has 5 nitrogen and oxygen atoms in total. The zero-order valence-corrected chi connectivity index (χ0v) is 15.6. The summed E-state index contributed by atoms with van der Waals surface area (Å²) in [7, 11) is 0. The van der Waals surface area contributed by atoms with Crippen LogP contribution in [0.3, 0.4) is 0 Å². The number of nitrogens with zero attached hydrogens (tertiary/aromatic N) is 3. The van der Waals surface area contributed by atoms with Crippen molar-refractivity contribution < 1.29 is 18.1 Å². The van der Waals surface area contributed by atoms with E-state index < -0.39 is 0 Å². The van der Waals surface area contributed by atoms with E-state index in [-0.39, 0.29) is 23.5 Å². The van der Waals surface area contributed by atoms with Gasteiger partial charge in [-0.25, -0.2) is 8.78 Å². The Morgan fingerprint density at radius 1 is 1.07 bits per heavy atom. The molecular formula is C22H19F2N3O2. The molecule has 1 aromatic heterocycles. The second-order valence-corrected chi connectivity index (χ2v) is 6.97. The lowest BCUT2D eigenvalue weighted by atomic mass is 9.98. The summed E-state index contributed by atoms with van der Waals surface area (Å²) in [5, 5.41) is 3.99. The second-order valence-electron chi connectivity index (χ2n) is 6.97. The van der Waals surface area contributed by atoms with Crippen LogP contribution in [0, 0.1) is 11.6 Å². The first-order chi connectivity index (χ1) is 14.1. The highest BCUT2D eigenvalue weighted by atomic mass is 19.1. The summed E-state index contributed by atoms with van der Waals surface area (Å²) in [6, 6.07) is 11.8. The van der Waals surface area contributed by atoms with Gasteiger partial charge in [-0.15, -0.1) is 0 Å². The third-order valence-electron chi connectivity index (χ3n) is 4.91. The van der Waals surface area contributed by atoms with Crippen molar-refractivity contribution in [1.82, 2.24) is 15.0 Å². The first-order valence-corrected chi connectivity index (χ1v) is 9.40. The maximum Gasteiger partial charge on any atom is 0.246 e. The third kappa shape index (κ3) is 4.56. The van der Waals surface area contributed by atoms with Gasteiger partial charge in [-0.1, -0.05) is 17.3 Å². The van der Waals surface area contributed by atoms with Crippen LogP contribution in [0.5, 0.6) is 0 Å². The number of likely N-dealkylation sites (tertiary alicyclic amines) is 1. The van der Waals surface area contributed by atoms with Crippen LogP contribution in [0.4, 0.5) is 8.78 Å². The Kier molecular flexibility index (Phi) is 5.46. The molecule has 7 heteroatoms. The van der Waals surface area contributed by atoms with Crippen LogP contribution < -0.4 is 0 Å². The van der Waals surface area contributed by atoms with Crippen LogP contribution in [0.2, 0.25) is 0 Å². The lowest BCUT2D eigenvalue weighted by Crippen LogP contribution is -2.38. The lowest BCUT2D eigenvalue weighted by molar-refractivity contribution is -0.127. The van der Waals surface area contributed by atoms with Gasteiger partial charge in [0.1, 0.15) is 11.6 Å². The van der Waals surface area contributed by atoms with Crippen molar-refractivity contribution >= 4 is 12.0 Å². The molecule has 1 aliphatic heterocycles. The Morgan fingerprint density at radius 3 is 2.48 bits per heavy atom. The van der Waals surface area contributed by atoms with E-state index in [1.165, 1.54) is 30.3 Å². The summed E-state index contributed by atoms with van der Waals surface area (Å²) in [5.74, 6) is 0.0782. The van der Waals surface area contributed by atoms with Crippen LogP contribution in [-0.4, -0.2) is 34.0 Å². The van der Waals surface area contributed by atoms with Gasteiger partial charge in [-0.2, -0.15) is 4.98 Å². The predicted octanol–water partition coefficient (Wildman–Crippen LogP) is 4.43. The molecule has 2 aromatic carbocycles. The van der Waals surface area contributed by atoms with Crippen LogP contribution in [0.15, 0.2) is 59.1 Å². The minimum absolute atomic E-state index is 0.0476. The van der Waals surface area contributed by atoms with Crippen molar-refractivity contribution in [1.29, 1.82) is 0 Å². The molecule has 1 fully saturated rings. The van der Waals surface area contributed by atoms with Crippen LogP contribution in [0.1, 0.15) is 30.2 Å². The number of benzene rings is 2. The maximum atomic E-state index is 13.1. The van der Waals surface area contributed by atoms with Gasteiger partial charge in [-0.3, -0.25) is 4.79 Å². The molecule has 148 valence electrons. The monoisotopic (exact) mass is 395 g/mol. The Hall–Kier alpha value is -3.35. The number of halogens is 2. The van der Waals surface area contributed by atoms with E-state index >= 15 is 0 Å². The largest absolute Gasteiger partial charge is 0.339 e. The number of rotatable bonds is 4. The number of piperidine rings is 1. The van der Waals surface area contributed by atoms with E-state index in [9.17, 15) is 13.6 Å². The minimum atomic E-state index is -0.326. The van der Waals surface area contributed by atoms with Crippen LogP contribution >= 0.6 is 0 Å². The molecule has 29 heavy (non-hydrogen) atoms. The summed E-state index contributed by atoms with van der Waals surface area (Å²) in [4.78, 5) is 18.7. The fraction of sp³-hybridized carbons (Fsp3) is 0.227. The van der Waals surface area contributed by atoms with E-state index in [1.54, 1.807) is 35.2 Å². The van der Waals surface area contributed by atoms with Crippen molar-refractivity contribution in [2.24, 2.45) is 0 Å². The molecule has 0 spiro atoms. The van der Waals surface area contributed by atoms with Gasteiger partial charge in [-0.05, 0) is 60.9 Å². The topological polar surface area (TPSA) is 59.2 Å². The minimum Gasteiger partial charge on any atom is -0.339 e. The fourth-order valence-corrected chi connectivity index (χ4v) is 3.34. The van der Waals surface area contributed by atoms with E-state index in [0.29, 0.717) is 30.4 Å². The van der Waals surface area contributed by atoms with Gasteiger partial charge in [0.2, 0.25) is 17.6 Å². The Labute approximate surface area is 166 Å². The summed E-state index contributed by atoms with van der Waals surface area (Å²) < 4.78 is 31.5. The van der Waals surface area contributed by atoms with Crippen molar-refractivity contribution in [3.8, 4) is 11.4 Å². The fourth-order valence-electron chi connectivity index (χ4n) is 3.34. The zero-order valence-electron chi connectivity index (χ0n) is 15.6. The molecule has 1 amide bonds. The van der Waals surface area contributed by atoms with Crippen molar-refractivity contribution in [3.05, 3.63) is 77.7 Å². The molecule has 1 atom stereocenters. The third-order valence-corrected chi connectivity index (χ3v) is 4.91. The first kappa shape index (κ1) is 19.0. The van der Waals surface area contributed by atoms with Gasteiger partial charge < -0.3 is 9.42 Å². The van der Waals surface area contributed by atoms with Crippen LogP contribution in [0.25, 0.3) is 17.5 Å². The number of hydrogen-bond donors (Lipinski definition) is 0.